The summed E-state index contributed by atoms with van der Waals surface area (Å²) in [5, 5.41) is 3.76. The second-order valence-electron chi connectivity index (χ2n) is 12.8. The second kappa shape index (κ2) is 13.6. The number of nitrogens with zero attached hydrogens (tertiary/aromatic N) is 4. The fourth-order valence-corrected chi connectivity index (χ4v) is 7.34. The van der Waals surface area contributed by atoms with Crippen molar-refractivity contribution in [2.45, 2.75) is 40.4 Å². The maximum absolute atomic E-state index is 8.94. The van der Waals surface area contributed by atoms with E-state index in [1.54, 1.807) is 26.2 Å². The summed E-state index contributed by atoms with van der Waals surface area (Å²) >= 11 is 0. The minimum Gasteiger partial charge on any atom is -0.503 e. The number of benzene rings is 5. The van der Waals surface area contributed by atoms with E-state index in [0.717, 1.165) is 60.6 Å². The number of para-hydroxylation sites is 1. The standard InChI is InChI=1S/C46H36N4O.Pt/c1-5-31-22-29(3)24-39-40-25-30(4)23-32(6-2)46(40)49(45(31)39)34-19-21-48-44(27-34)50-42-16-8-7-14-37(42)38-18-17-36(28-43(38)50)51-35-13-11-12-33(26-35)41-15-9-10-20-47-41;/h7-25,27H,5-6H2,1-4H3;/q-2;+2/i5D2,6D2;. The summed E-state index contributed by atoms with van der Waals surface area (Å²) in [5.41, 5.74) is 8.41. The normalized spacial score (nSPS) is 13.2. The van der Waals surface area contributed by atoms with Crippen LogP contribution >= 0.6 is 0 Å². The molecule has 5 aromatic carbocycles. The number of pyridine rings is 2. The van der Waals surface area contributed by atoms with Crippen LogP contribution in [0, 0.1) is 26.0 Å². The van der Waals surface area contributed by atoms with Crippen LogP contribution in [0.1, 0.15) is 41.6 Å². The first kappa shape index (κ1) is 29.1. The summed E-state index contributed by atoms with van der Waals surface area (Å²) in [6, 6.07) is 42.3. The number of hydrogen-bond acceptors (Lipinski definition) is 3. The van der Waals surface area contributed by atoms with Crippen molar-refractivity contribution in [3.63, 3.8) is 0 Å². The van der Waals surface area contributed by atoms with Crippen molar-refractivity contribution >= 4 is 43.6 Å². The molecule has 0 atom stereocenters. The molecule has 0 saturated heterocycles. The molecular weight excluding hydrogens is 820 g/mol. The molecule has 0 aliphatic carbocycles. The van der Waals surface area contributed by atoms with Gasteiger partial charge >= 0.3 is 21.1 Å². The fourth-order valence-electron chi connectivity index (χ4n) is 7.34. The Morgan fingerprint density at radius 2 is 1.35 bits per heavy atom. The first-order valence-corrected chi connectivity index (χ1v) is 17.0. The zero-order valence-electron chi connectivity index (χ0n) is 33.1. The molecule has 9 rings (SSSR count). The van der Waals surface area contributed by atoms with Gasteiger partial charge in [-0.05, 0) is 79.1 Å². The summed E-state index contributed by atoms with van der Waals surface area (Å²) in [5.74, 6) is 1.67. The smallest absolute Gasteiger partial charge is 0.503 e. The predicted molar refractivity (Wildman–Crippen MR) is 209 cm³/mol. The number of ether oxygens (including phenoxy) is 1. The van der Waals surface area contributed by atoms with E-state index in [1.807, 2.05) is 103 Å². The van der Waals surface area contributed by atoms with Crippen LogP contribution in [-0.4, -0.2) is 19.1 Å². The largest absolute Gasteiger partial charge is 2.00 e. The van der Waals surface area contributed by atoms with Gasteiger partial charge in [0.2, 0.25) is 0 Å². The molecule has 0 fully saturated rings. The van der Waals surface area contributed by atoms with Gasteiger partial charge in [-0.3, -0.25) is 0 Å². The van der Waals surface area contributed by atoms with Crippen LogP contribution < -0.4 is 4.74 Å². The number of hydrogen-bond donors (Lipinski definition) is 0. The Hall–Kier alpha value is -5.51. The van der Waals surface area contributed by atoms with Crippen LogP contribution in [0.4, 0.5) is 0 Å². The van der Waals surface area contributed by atoms with E-state index in [0.29, 0.717) is 39.5 Å². The number of aromatic nitrogens is 4. The van der Waals surface area contributed by atoms with Crippen LogP contribution in [0.3, 0.4) is 0 Å². The van der Waals surface area contributed by atoms with E-state index in [4.69, 9.17) is 15.2 Å². The van der Waals surface area contributed by atoms with Crippen molar-refractivity contribution in [2.24, 2.45) is 0 Å². The first-order chi connectivity index (χ1) is 26.3. The Morgan fingerprint density at radius 1 is 0.635 bits per heavy atom. The molecule has 0 amide bonds. The summed E-state index contributed by atoms with van der Waals surface area (Å²) in [6.07, 6.45) is 0.147. The Kier molecular flexibility index (Phi) is 7.59. The minimum atomic E-state index is -1.68. The summed E-state index contributed by atoms with van der Waals surface area (Å²) in [6.45, 7) is 7.10. The Morgan fingerprint density at radius 3 is 2.06 bits per heavy atom. The average molecular weight is 860 g/mol. The van der Waals surface area contributed by atoms with Gasteiger partial charge in [-0.15, -0.1) is 41.3 Å². The average Bonchev–Trinajstić information content (AvgIpc) is 3.66. The van der Waals surface area contributed by atoms with Gasteiger partial charge in [-0.2, -0.15) is 6.07 Å². The van der Waals surface area contributed by atoms with Crippen molar-refractivity contribution in [3.05, 3.63) is 156 Å². The van der Waals surface area contributed by atoms with Crippen molar-refractivity contribution in [3.8, 4) is 34.3 Å². The molecule has 9 aromatic rings. The molecule has 4 aromatic heterocycles. The maximum Gasteiger partial charge on any atom is 2.00 e. The molecular formula is C46H36N4OPt. The van der Waals surface area contributed by atoms with Crippen LogP contribution in [0.15, 0.2) is 122 Å². The Bertz CT molecular complexity index is 2880. The van der Waals surface area contributed by atoms with E-state index in [9.17, 15) is 0 Å². The molecule has 0 spiro atoms. The molecule has 0 aliphatic rings. The summed E-state index contributed by atoms with van der Waals surface area (Å²) < 4.78 is 46.2. The third-order valence-electron chi connectivity index (χ3n) is 9.49. The summed E-state index contributed by atoms with van der Waals surface area (Å²) in [7, 11) is 0. The molecule has 5 nitrogen and oxygen atoms in total. The van der Waals surface area contributed by atoms with E-state index < -0.39 is 12.7 Å². The molecule has 0 radical (unpaired) electrons. The molecule has 0 bridgehead atoms. The van der Waals surface area contributed by atoms with Gasteiger partial charge in [0, 0.05) is 51.7 Å². The molecule has 4 heterocycles. The van der Waals surface area contributed by atoms with Gasteiger partial charge in [0.15, 0.2) is 0 Å². The van der Waals surface area contributed by atoms with Crippen LogP contribution in [0.25, 0.3) is 66.4 Å². The van der Waals surface area contributed by atoms with Gasteiger partial charge in [-0.1, -0.05) is 79.0 Å². The van der Waals surface area contributed by atoms with E-state index >= 15 is 0 Å². The van der Waals surface area contributed by atoms with E-state index in [-0.39, 0.29) is 21.1 Å². The fraction of sp³-hybridized carbons (Fsp3) is 0.130. The van der Waals surface area contributed by atoms with Crippen molar-refractivity contribution < 1.29 is 31.3 Å². The van der Waals surface area contributed by atoms with Gasteiger partial charge in [-0.25, -0.2) is 4.98 Å². The summed E-state index contributed by atoms with van der Waals surface area (Å²) in [4.78, 5) is 9.37. The Labute approximate surface area is 323 Å². The van der Waals surface area contributed by atoms with Gasteiger partial charge < -0.3 is 18.9 Å². The predicted octanol–water partition coefficient (Wildman–Crippen LogP) is 11.5. The molecule has 52 heavy (non-hydrogen) atoms. The third-order valence-corrected chi connectivity index (χ3v) is 9.49. The van der Waals surface area contributed by atoms with Crippen LogP contribution in [-0.2, 0) is 33.8 Å². The SMILES string of the molecule is [2H]C([2H])(C)c1cc(C)cc2c3cc(C)cc(C([2H])([2H])C)c3n(-c3ccnc(-n4c5[c-]c(Oc6[c-]c(-c7ccccn7)ccc6)ccc5c5ccccc54)c3)c12.[Pt+2]. The minimum absolute atomic E-state index is 0. The van der Waals surface area contributed by atoms with Crippen molar-refractivity contribution in [2.75, 3.05) is 0 Å². The monoisotopic (exact) mass is 859 g/mol. The molecule has 6 heteroatoms. The quantitative estimate of drug-likeness (QED) is 0.150. The molecule has 0 N–H and O–H groups in total. The Balaban J connectivity index is 0.00000441. The topological polar surface area (TPSA) is 44.9 Å². The first-order valence-electron chi connectivity index (χ1n) is 19.0. The number of rotatable bonds is 7. The van der Waals surface area contributed by atoms with Crippen LogP contribution in [0.5, 0.6) is 11.5 Å². The van der Waals surface area contributed by atoms with E-state index in [2.05, 4.69) is 45.9 Å². The van der Waals surface area contributed by atoms with E-state index in [1.165, 1.54) is 0 Å². The molecule has 256 valence electrons. The van der Waals surface area contributed by atoms with Crippen molar-refractivity contribution in [1.29, 1.82) is 0 Å². The molecule has 0 unspecified atom stereocenters. The zero-order chi connectivity index (χ0) is 38.2. The van der Waals surface area contributed by atoms with Gasteiger partial charge in [0.1, 0.15) is 5.82 Å². The maximum atomic E-state index is 8.94. The van der Waals surface area contributed by atoms with Crippen LogP contribution in [0.2, 0.25) is 0 Å². The van der Waals surface area contributed by atoms with Gasteiger partial charge in [0.05, 0.1) is 16.7 Å². The molecule has 0 saturated carbocycles. The number of fused-ring (bicyclic) bond motifs is 6. The third kappa shape index (κ3) is 5.61. The van der Waals surface area contributed by atoms with Crippen molar-refractivity contribution in [1.82, 2.24) is 19.1 Å². The second-order valence-corrected chi connectivity index (χ2v) is 12.8. The van der Waals surface area contributed by atoms with Gasteiger partial charge in [0.25, 0.3) is 0 Å². The zero-order valence-corrected chi connectivity index (χ0v) is 31.3. The number of aryl methyl sites for hydroxylation is 4. The molecule has 0 aliphatic heterocycles.